The van der Waals surface area contributed by atoms with E-state index in [2.05, 4.69) is 36.2 Å². The first kappa shape index (κ1) is 15.7. The Morgan fingerprint density at radius 1 is 1.36 bits per heavy atom. The number of nitriles is 1. The van der Waals surface area contributed by atoms with Crippen LogP contribution in [0.1, 0.15) is 48.4 Å². The number of pyridine rings is 1. The molecular formula is C16H19N5O. The predicted octanol–water partition coefficient (Wildman–Crippen LogP) is 2.20. The van der Waals surface area contributed by atoms with Crippen molar-refractivity contribution in [1.82, 2.24) is 20.1 Å². The molecule has 1 amide bonds. The highest BCUT2D eigenvalue weighted by Gasteiger charge is 2.29. The fourth-order valence-corrected chi connectivity index (χ4v) is 2.19. The minimum Gasteiger partial charge on any atom is -0.343 e. The summed E-state index contributed by atoms with van der Waals surface area (Å²) in [5, 5.41) is 15.9. The summed E-state index contributed by atoms with van der Waals surface area (Å²) in [5.41, 5.74) is 1.48. The second kappa shape index (κ2) is 5.98. The normalized spacial score (nSPS) is 12.5. The highest BCUT2D eigenvalue weighted by Crippen LogP contribution is 2.32. The predicted molar refractivity (Wildman–Crippen MR) is 81.8 cm³/mol. The van der Waals surface area contributed by atoms with E-state index in [4.69, 9.17) is 5.26 Å². The minimum atomic E-state index is -0.270. The van der Waals surface area contributed by atoms with Crippen LogP contribution in [0.2, 0.25) is 0 Å². The lowest BCUT2D eigenvalue weighted by molar-refractivity contribution is 0.0896. The Hall–Kier alpha value is -2.68. The van der Waals surface area contributed by atoms with Gasteiger partial charge in [-0.25, -0.2) is 4.98 Å². The lowest BCUT2D eigenvalue weighted by Gasteiger charge is -2.30. The smallest absolute Gasteiger partial charge is 0.270 e. The van der Waals surface area contributed by atoms with Crippen LogP contribution in [0.15, 0.2) is 30.7 Å². The van der Waals surface area contributed by atoms with Crippen molar-refractivity contribution in [2.45, 2.75) is 26.8 Å². The lowest BCUT2D eigenvalue weighted by Crippen LogP contribution is -2.36. The van der Waals surface area contributed by atoms with E-state index in [0.29, 0.717) is 5.56 Å². The quantitative estimate of drug-likeness (QED) is 0.941. The number of nitrogens with one attached hydrogen (secondary N) is 1. The summed E-state index contributed by atoms with van der Waals surface area (Å²) in [6, 6.07) is 4.93. The number of amides is 1. The van der Waals surface area contributed by atoms with Gasteiger partial charge in [0, 0.05) is 25.0 Å². The van der Waals surface area contributed by atoms with Crippen LogP contribution in [0.25, 0.3) is 0 Å². The third-order valence-corrected chi connectivity index (χ3v) is 3.32. The summed E-state index contributed by atoms with van der Waals surface area (Å²) in [6.07, 6.45) is 5.04. The van der Waals surface area contributed by atoms with E-state index in [9.17, 15) is 4.79 Å². The molecule has 6 heteroatoms. The monoisotopic (exact) mass is 297 g/mol. The second-order valence-corrected chi connectivity index (χ2v) is 6.26. The molecule has 0 unspecified atom stereocenters. The van der Waals surface area contributed by atoms with Gasteiger partial charge in [0.15, 0.2) is 0 Å². The van der Waals surface area contributed by atoms with E-state index in [0.717, 1.165) is 5.56 Å². The maximum absolute atomic E-state index is 12.4. The number of hydrogen-bond acceptors (Lipinski definition) is 4. The molecule has 114 valence electrons. The van der Waals surface area contributed by atoms with Crippen LogP contribution < -0.4 is 5.32 Å². The zero-order valence-corrected chi connectivity index (χ0v) is 13.2. The zero-order chi connectivity index (χ0) is 16.3. The molecule has 1 N–H and O–H groups in total. The van der Waals surface area contributed by atoms with Gasteiger partial charge in [0.25, 0.3) is 5.91 Å². The molecule has 2 rings (SSSR count). The third kappa shape index (κ3) is 3.50. The van der Waals surface area contributed by atoms with Crippen molar-refractivity contribution in [3.05, 3.63) is 47.5 Å². The van der Waals surface area contributed by atoms with Crippen molar-refractivity contribution in [3.8, 4) is 6.07 Å². The molecule has 0 fully saturated rings. The molecular weight excluding hydrogens is 278 g/mol. The molecule has 0 aliphatic heterocycles. The van der Waals surface area contributed by atoms with Gasteiger partial charge in [-0.2, -0.15) is 10.4 Å². The number of aryl methyl sites for hydroxylation is 1. The van der Waals surface area contributed by atoms with Crippen molar-refractivity contribution in [1.29, 1.82) is 5.26 Å². The zero-order valence-electron chi connectivity index (χ0n) is 13.2. The Balaban J connectivity index is 2.23. The minimum absolute atomic E-state index is 0.175. The molecule has 0 bridgehead atoms. The van der Waals surface area contributed by atoms with Crippen molar-refractivity contribution < 1.29 is 4.79 Å². The van der Waals surface area contributed by atoms with E-state index in [1.807, 2.05) is 19.3 Å². The Labute approximate surface area is 129 Å². The SMILES string of the molecule is Cn1cc([C@@H](NC(=O)c2ccc(C#N)cn2)C(C)(C)C)cn1. The summed E-state index contributed by atoms with van der Waals surface area (Å²) >= 11 is 0. The molecule has 0 saturated heterocycles. The van der Waals surface area contributed by atoms with Gasteiger partial charge in [-0.15, -0.1) is 0 Å². The van der Waals surface area contributed by atoms with Gasteiger partial charge >= 0.3 is 0 Å². The molecule has 0 aliphatic rings. The van der Waals surface area contributed by atoms with E-state index < -0.39 is 0 Å². The van der Waals surface area contributed by atoms with Crippen LogP contribution in [-0.4, -0.2) is 20.7 Å². The highest BCUT2D eigenvalue weighted by molar-refractivity contribution is 5.92. The summed E-state index contributed by atoms with van der Waals surface area (Å²) in [4.78, 5) is 16.4. The molecule has 0 aliphatic carbocycles. The number of carbonyl (C=O) groups is 1. The number of rotatable bonds is 3. The average molecular weight is 297 g/mol. The first-order valence-electron chi connectivity index (χ1n) is 6.97. The molecule has 6 nitrogen and oxygen atoms in total. The number of nitrogens with zero attached hydrogens (tertiary/aromatic N) is 4. The third-order valence-electron chi connectivity index (χ3n) is 3.32. The van der Waals surface area contributed by atoms with Crippen molar-refractivity contribution in [2.24, 2.45) is 12.5 Å². The molecule has 0 radical (unpaired) electrons. The molecule has 1 atom stereocenters. The lowest BCUT2D eigenvalue weighted by atomic mass is 9.83. The second-order valence-electron chi connectivity index (χ2n) is 6.26. The molecule has 0 aromatic carbocycles. The van der Waals surface area contributed by atoms with Crippen LogP contribution in [0.4, 0.5) is 0 Å². The van der Waals surface area contributed by atoms with Crippen molar-refractivity contribution in [2.75, 3.05) is 0 Å². The standard InChI is InChI=1S/C16H19N5O/c1-16(2,3)14(12-9-19-21(4)10-12)20-15(22)13-6-5-11(7-17)8-18-13/h5-6,8-10,14H,1-4H3,(H,20,22)/t14-/m1/s1. The van der Waals surface area contributed by atoms with Crippen LogP contribution in [-0.2, 0) is 7.05 Å². The van der Waals surface area contributed by atoms with Crippen molar-refractivity contribution >= 4 is 5.91 Å². The molecule has 0 saturated carbocycles. The van der Waals surface area contributed by atoms with Gasteiger partial charge < -0.3 is 5.32 Å². The maximum Gasteiger partial charge on any atom is 0.270 e. The van der Waals surface area contributed by atoms with Gasteiger partial charge in [0.05, 0.1) is 17.8 Å². The molecule has 0 spiro atoms. The van der Waals surface area contributed by atoms with Crippen LogP contribution >= 0.6 is 0 Å². The van der Waals surface area contributed by atoms with Crippen LogP contribution in [0.5, 0.6) is 0 Å². The van der Waals surface area contributed by atoms with E-state index in [-0.39, 0.29) is 23.1 Å². The maximum atomic E-state index is 12.4. The molecule has 2 aromatic heterocycles. The largest absolute Gasteiger partial charge is 0.343 e. The first-order chi connectivity index (χ1) is 10.3. The summed E-state index contributed by atoms with van der Waals surface area (Å²) in [6.45, 7) is 6.16. The number of hydrogen-bond donors (Lipinski definition) is 1. The van der Waals surface area contributed by atoms with Gasteiger partial charge in [0.2, 0.25) is 0 Å². The molecule has 22 heavy (non-hydrogen) atoms. The van der Waals surface area contributed by atoms with Gasteiger partial charge in [-0.05, 0) is 17.5 Å². The number of carbonyl (C=O) groups excluding carboxylic acids is 1. The number of aromatic nitrogens is 3. The summed E-state index contributed by atoms with van der Waals surface area (Å²) in [5.74, 6) is -0.270. The van der Waals surface area contributed by atoms with Gasteiger partial charge in [-0.3, -0.25) is 9.48 Å². The first-order valence-corrected chi connectivity index (χ1v) is 6.97. The molecule has 2 aromatic rings. The Morgan fingerprint density at radius 2 is 2.09 bits per heavy atom. The molecule has 2 heterocycles. The van der Waals surface area contributed by atoms with Crippen molar-refractivity contribution in [3.63, 3.8) is 0 Å². The fraction of sp³-hybridized carbons (Fsp3) is 0.375. The fourth-order valence-electron chi connectivity index (χ4n) is 2.19. The summed E-state index contributed by atoms with van der Waals surface area (Å²) in [7, 11) is 1.84. The van der Waals surface area contributed by atoms with Gasteiger partial charge in [-0.1, -0.05) is 20.8 Å². The van der Waals surface area contributed by atoms with Gasteiger partial charge in [0.1, 0.15) is 11.8 Å². The Bertz CT molecular complexity index is 703. The van der Waals surface area contributed by atoms with E-state index in [1.54, 1.807) is 23.0 Å². The Kier molecular flexibility index (Phi) is 4.27. The van der Waals surface area contributed by atoms with Crippen LogP contribution in [0, 0.1) is 16.7 Å². The topological polar surface area (TPSA) is 83.6 Å². The average Bonchev–Trinajstić information content (AvgIpc) is 2.89. The summed E-state index contributed by atoms with van der Waals surface area (Å²) < 4.78 is 1.71. The van der Waals surface area contributed by atoms with E-state index in [1.165, 1.54) is 6.20 Å². The van der Waals surface area contributed by atoms with Crippen LogP contribution in [0.3, 0.4) is 0 Å². The highest BCUT2D eigenvalue weighted by atomic mass is 16.1. The Morgan fingerprint density at radius 3 is 2.55 bits per heavy atom. The van der Waals surface area contributed by atoms with E-state index >= 15 is 0 Å².